The number of hydrogen-bond donors (Lipinski definition) is 1. The minimum atomic E-state index is -0.657. The maximum atomic E-state index is 12.9. The molecular weight excluding hydrogens is 215 g/mol. The van der Waals surface area contributed by atoms with E-state index in [-0.39, 0.29) is 6.61 Å². The van der Waals surface area contributed by atoms with Gasteiger partial charge >= 0.3 is 5.97 Å². The second kappa shape index (κ2) is 4.49. The first-order chi connectivity index (χ1) is 7.70. The van der Waals surface area contributed by atoms with E-state index in [0.717, 1.165) is 0 Å². The molecule has 4 nitrogen and oxygen atoms in total. The van der Waals surface area contributed by atoms with E-state index in [1.54, 1.807) is 0 Å². The van der Waals surface area contributed by atoms with Crippen LogP contribution >= 0.6 is 0 Å². The van der Waals surface area contributed by atoms with Gasteiger partial charge in [0, 0.05) is 12.0 Å². The van der Waals surface area contributed by atoms with E-state index in [4.69, 9.17) is 14.6 Å². The number of rotatable bonds is 3. The number of benzene rings is 1. The fourth-order valence-corrected chi connectivity index (χ4v) is 1.52. The van der Waals surface area contributed by atoms with E-state index in [0.29, 0.717) is 24.3 Å². The molecule has 0 radical (unpaired) electrons. The highest BCUT2D eigenvalue weighted by atomic mass is 19.1. The molecule has 0 bridgehead atoms. The number of esters is 1. The summed E-state index contributed by atoms with van der Waals surface area (Å²) < 4.78 is 23.0. The summed E-state index contributed by atoms with van der Waals surface area (Å²) in [5.74, 6) is -0.564. The third-order valence-corrected chi connectivity index (χ3v) is 2.35. The van der Waals surface area contributed by atoms with Crippen LogP contribution in [0.15, 0.2) is 18.2 Å². The maximum Gasteiger partial charge on any atom is 0.347 e. The van der Waals surface area contributed by atoms with Crippen molar-refractivity contribution in [2.45, 2.75) is 19.1 Å². The Bertz CT molecular complexity index is 405. The molecule has 1 aromatic rings. The van der Waals surface area contributed by atoms with E-state index in [1.807, 2.05) is 0 Å². The SMILES string of the molecule is O=C1OCCC1Oc1ccc(F)cc1CO. The molecule has 1 atom stereocenters. The Balaban J connectivity index is 2.17. The molecule has 1 saturated heterocycles. The van der Waals surface area contributed by atoms with E-state index >= 15 is 0 Å². The van der Waals surface area contributed by atoms with Crippen LogP contribution in [-0.2, 0) is 16.1 Å². The Labute approximate surface area is 91.6 Å². The van der Waals surface area contributed by atoms with Crippen molar-refractivity contribution in [1.29, 1.82) is 0 Å². The molecule has 0 saturated carbocycles. The number of aliphatic hydroxyl groups excluding tert-OH is 1. The second-order valence-electron chi connectivity index (χ2n) is 3.47. The molecule has 1 heterocycles. The molecule has 0 spiro atoms. The molecule has 1 aliphatic heterocycles. The topological polar surface area (TPSA) is 55.8 Å². The fraction of sp³-hybridized carbons (Fsp3) is 0.364. The predicted octanol–water partition coefficient (Wildman–Crippen LogP) is 1.01. The van der Waals surface area contributed by atoms with Crippen LogP contribution in [0.1, 0.15) is 12.0 Å². The van der Waals surface area contributed by atoms with Gasteiger partial charge in [-0.3, -0.25) is 0 Å². The largest absolute Gasteiger partial charge is 0.478 e. The minimum Gasteiger partial charge on any atom is -0.478 e. The highest BCUT2D eigenvalue weighted by Gasteiger charge is 2.28. The zero-order valence-electron chi connectivity index (χ0n) is 8.48. The molecule has 1 aliphatic rings. The van der Waals surface area contributed by atoms with Gasteiger partial charge in [0.2, 0.25) is 0 Å². The molecule has 0 aliphatic carbocycles. The van der Waals surface area contributed by atoms with Crippen molar-refractivity contribution in [3.05, 3.63) is 29.6 Å². The molecule has 0 amide bonds. The Morgan fingerprint density at radius 1 is 1.56 bits per heavy atom. The van der Waals surface area contributed by atoms with Gasteiger partial charge in [-0.2, -0.15) is 0 Å². The average Bonchev–Trinajstić information content (AvgIpc) is 2.67. The molecule has 1 aromatic carbocycles. The van der Waals surface area contributed by atoms with Gasteiger partial charge in [0.05, 0.1) is 13.2 Å². The molecule has 86 valence electrons. The standard InChI is InChI=1S/C11H11FO4/c12-8-1-2-9(7(5-8)6-13)16-10-3-4-15-11(10)14/h1-2,5,10,13H,3-4,6H2. The summed E-state index contributed by atoms with van der Waals surface area (Å²) in [5, 5.41) is 9.02. The van der Waals surface area contributed by atoms with E-state index < -0.39 is 17.9 Å². The number of cyclic esters (lactones) is 1. The van der Waals surface area contributed by atoms with Gasteiger partial charge in [0.15, 0.2) is 6.10 Å². The lowest BCUT2D eigenvalue weighted by Gasteiger charge is -2.12. The zero-order chi connectivity index (χ0) is 11.5. The molecule has 2 rings (SSSR count). The number of halogens is 1. The number of aliphatic hydroxyl groups is 1. The Hall–Kier alpha value is -1.62. The van der Waals surface area contributed by atoms with Gasteiger partial charge in [-0.1, -0.05) is 0 Å². The fourth-order valence-electron chi connectivity index (χ4n) is 1.52. The quantitative estimate of drug-likeness (QED) is 0.781. The summed E-state index contributed by atoms with van der Waals surface area (Å²) in [6.07, 6.45) is -0.183. The van der Waals surface area contributed by atoms with Crippen molar-refractivity contribution >= 4 is 5.97 Å². The van der Waals surface area contributed by atoms with Crippen molar-refractivity contribution in [3.63, 3.8) is 0 Å². The predicted molar refractivity (Wildman–Crippen MR) is 52.3 cm³/mol. The van der Waals surface area contributed by atoms with E-state index in [1.165, 1.54) is 18.2 Å². The highest BCUT2D eigenvalue weighted by molar-refractivity contribution is 5.76. The molecule has 1 fully saturated rings. The van der Waals surface area contributed by atoms with Crippen LogP contribution in [0.5, 0.6) is 5.75 Å². The Kier molecular flexibility index (Phi) is 3.05. The van der Waals surface area contributed by atoms with Crippen LogP contribution in [0.3, 0.4) is 0 Å². The lowest BCUT2D eigenvalue weighted by molar-refractivity contribution is -0.143. The number of hydrogen-bond acceptors (Lipinski definition) is 4. The summed E-state index contributed by atoms with van der Waals surface area (Å²) >= 11 is 0. The average molecular weight is 226 g/mol. The third-order valence-electron chi connectivity index (χ3n) is 2.35. The first kappa shape index (κ1) is 10.9. The Morgan fingerprint density at radius 2 is 2.38 bits per heavy atom. The van der Waals surface area contributed by atoms with Gasteiger partial charge in [-0.25, -0.2) is 9.18 Å². The van der Waals surface area contributed by atoms with Gasteiger partial charge in [-0.05, 0) is 18.2 Å². The first-order valence-corrected chi connectivity index (χ1v) is 4.93. The van der Waals surface area contributed by atoms with Crippen molar-refractivity contribution in [2.75, 3.05) is 6.61 Å². The molecule has 1 unspecified atom stereocenters. The molecule has 5 heteroatoms. The summed E-state index contributed by atoms with van der Waals surface area (Å²) in [6.45, 7) is -0.00594. The van der Waals surface area contributed by atoms with Crippen LogP contribution in [0.2, 0.25) is 0 Å². The molecular formula is C11H11FO4. The van der Waals surface area contributed by atoms with Gasteiger partial charge in [0.25, 0.3) is 0 Å². The zero-order valence-corrected chi connectivity index (χ0v) is 8.48. The van der Waals surface area contributed by atoms with Gasteiger partial charge in [0.1, 0.15) is 11.6 Å². The molecule has 0 aromatic heterocycles. The van der Waals surface area contributed by atoms with Crippen molar-refractivity contribution in [1.82, 2.24) is 0 Å². The van der Waals surface area contributed by atoms with Crippen LogP contribution in [0.25, 0.3) is 0 Å². The summed E-state index contributed by atoms with van der Waals surface area (Å²) in [5.41, 5.74) is 0.319. The maximum absolute atomic E-state index is 12.9. The van der Waals surface area contributed by atoms with Gasteiger partial charge in [-0.15, -0.1) is 0 Å². The van der Waals surface area contributed by atoms with E-state index in [9.17, 15) is 9.18 Å². The van der Waals surface area contributed by atoms with Crippen LogP contribution in [-0.4, -0.2) is 23.8 Å². The van der Waals surface area contributed by atoms with Crippen LogP contribution in [0, 0.1) is 5.82 Å². The Morgan fingerprint density at radius 3 is 3.00 bits per heavy atom. The lowest BCUT2D eigenvalue weighted by atomic mass is 10.2. The smallest absolute Gasteiger partial charge is 0.347 e. The van der Waals surface area contributed by atoms with Crippen molar-refractivity contribution in [3.8, 4) is 5.75 Å². The van der Waals surface area contributed by atoms with Crippen LogP contribution in [0.4, 0.5) is 4.39 Å². The van der Waals surface area contributed by atoms with E-state index in [2.05, 4.69) is 0 Å². The number of carbonyl (C=O) groups excluding carboxylic acids is 1. The number of carbonyl (C=O) groups is 1. The second-order valence-corrected chi connectivity index (χ2v) is 3.47. The molecule has 1 N–H and O–H groups in total. The monoisotopic (exact) mass is 226 g/mol. The number of ether oxygens (including phenoxy) is 2. The van der Waals surface area contributed by atoms with Crippen LogP contribution < -0.4 is 4.74 Å². The van der Waals surface area contributed by atoms with Crippen molar-refractivity contribution in [2.24, 2.45) is 0 Å². The summed E-state index contributed by atoms with van der Waals surface area (Å²) in [4.78, 5) is 11.2. The summed E-state index contributed by atoms with van der Waals surface area (Å²) in [7, 11) is 0. The lowest BCUT2D eigenvalue weighted by Crippen LogP contribution is -2.22. The third kappa shape index (κ3) is 2.14. The first-order valence-electron chi connectivity index (χ1n) is 4.93. The minimum absolute atomic E-state index is 0.313. The van der Waals surface area contributed by atoms with Crippen molar-refractivity contribution < 1.29 is 23.8 Å². The molecule has 16 heavy (non-hydrogen) atoms. The normalized spacial score (nSPS) is 19.6. The summed E-state index contributed by atoms with van der Waals surface area (Å²) in [6, 6.07) is 3.79. The highest BCUT2D eigenvalue weighted by Crippen LogP contribution is 2.23. The van der Waals surface area contributed by atoms with Gasteiger partial charge < -0.3 is 14.6 Å².